The zero-order valence-corrected chi connectivity index (χ0v) is 19.4. The fourth-order valence-corrected chi connectivity index (χ4v) is 3.44. The molecule has 0 saturated heterocycles. The van der Waals surface area contributed by atoms with Crippen LogP contribution >= 0.6 is 24.0 Å². The maximum absolute atomic E-state index is 5.22. The minimum absolute atomic E-state index is 0. The van der Waals surface area contributed by atoms with Crippen LogP contribution < -0.4 is 10.6 Å². The van der Waals surface area contributed by atoms with E-state index in [-0.39, 0.29) is 24.0 Å². The zero-order chi connectivity index (χ0) is 19.2. The Morgan fingerprint density at radius 1 is 1.18 bits per heavy atom. The number of nitrogens with one attached hydrogen (secondary N) is 3. The van der Waals surface area contributed by atoms with Gasteiger partial charge in [0.2, 0.25) is 0 Å². The molecule has 28 heavy (non-hydrogen) atoms. The molecule has 0 unspecified atom stereocenters. The molecule has 2 heterocycles. The number of halogens is 1. The Hall–Kier alpha value is -2.03. The predicted octanol–water partition coefficient (Wildman–Crippen LogP) is 4.04. The molecule has 0 aliphatic rings. The van der Waals surface area contributed by atoms with Crippen molar-refractivity contribution in [2.75, 3.05) is 19.6 Å². The van der Waals surface area contributed by atoms with E-state index < -0.39 is 0 Å². The number of benzene rings is 1. The van der Waals surface area contributed by atoms with Crippen LogP contribution in [0.1, 0.15) is 35.1 Å². The standard InChI is InChI=1S/C21H29N5O.HI/c1-5-22-21(24-12-10-18-15(3)26-27-16(18)4)23-11-9-17-13-25-19-8-6-7-14(2)20(17)19;/h6-8,13,25H,5,9-12H2,1-4H3,(H2,22,23,24);1H. The molecule has 152 valence electrons. The maximum atomic E-state index is 5.22. The number of hydrogen-bond donors (Lipinski definition) is 3. The molecule has 7 heteroatoms. The van der Waals surface area contributed by atoms with Crippen molar-refractivity contribution >= 4 is 40.8 Å². The van der Waals surface area contributed by atoms with Gasteiger partial charge < -0.3 is 20.1 Å². The van der Waals surface area contributed by atoms with Crippen LogP contribution in [0.5, 0.6) is 0 Å². The largest absolute Gasteiger partial charge is 0.361 e. The van der Waals surface area contributed by atoms with Crippen LogP contribution in [0.15, 0.2) is 33.9 Å². The molecule has 0 atom stereocenters. The molecule has 2 aromatic heterocycles. The second-order valence-corrected chi connectivity index (χ2v) is 6.80. The molecule has 3 aromatic rings. The fourth-order valence-electron chi connectivity index (χ4n) is 3.44. The summed E-state index contributed by atoms with van der Waals surface area (Å²) in [5.74, 6) is 1.73. The smallest absolute Gasteiger partial charge is 0.191 e. The number of rotatable bonds is 7. The van der Waals surface area contributed by atoms with Crippen molar-refractivity contribution in [3.63, 3.8) is 0 Å². The lowest BCUT2D eigenvalue weighted by Crippen LogP contribution is -2.38. The van der Waals surface area contributed by atoms with Crippen LogP contribution in [0.4, 0.5) is 0 Å². The molecule has 3 rings (SSSR count). The van der Waals surface area contributed by atoms with Crippen molar-refractivity contribution in [2.45, 2.75) is 40.5 Å². The SMILES string of the molecule is CCNC(=NCCc1c(C)noc1C)NCCc1c[nH]c2cccc(C)c12.I. The third kappa shape index (κ3) is 5.27. The minimum atomic E-state index is 0. The van der Waals surface area contributed by atoms with E-state index in [0.29, 0.717) is 6.54 Å². The van der Waals surface area contributed by atoms with Crippen molar-refractivity contribution in [1.29, 1.82) is 0 Å². The monoisotopic (exact) mass is 495 g/mol. The van der Waals surface area contributed by atoms with E-state index in [0.717, 1.165) is 48.9 Å². The van der Waals surface area contributed by atoms with Gasteiger partial charge in [-0.25, -0.2) is 0 Å². The first kappa shape index (κ1) is 22.3. The van der Waals surface area contributed by atoms with Gasteiger partial charge in [0.1, 0.15) is 5.76 Å². The number of hydrogen-bond acceptors (Lipinski definition) is 3. The van der Waals surface area contributed by atoms with E-state index >= 15 is 0 Å². The first-order valence-electron chi connectivity index (χ1n) is 9.59. The van der Waals surface area contributed by atoms with Gasteiger partial charge in [0.15, 0.2) is 5.96 Å². The van der Waals surface area contributed by atoms with Gasteiger partial charge in [0, 0.05) is 42.3 Å². The Labute approximate surface area is 183 Å². The summed E-state index contributed by atoms with van der Waals surface area (Å²) in [6, 6.07) is 6.37. The number of aliphatic imine (C=N–C) groups is 1. The Kier molecular flexibility index (Phi) is 8.35. The van der Waals surface area contributed by atoms with Crippen molar-refractivity contribution in [3.05, 3.63) is 52.5 Å². The van der Waals surface area contributed by atoms with E-state index in [1.165, 1.54) is 22.0 Å². The lowest BCUT2D eigenvalue weighted by atomic mass is 10.1. The average Bonchev–Trinajstić information content (AvgIpc) is 3.20. The number of aromatic nitrogens is 2. The molecular formula is C21H30IN5O. The van der Waals surface area contributed by atoms with Crippen LogP contribution in [0.2, 0.25) is 0 Å². The molecule has 0 aliphatic heterocycles. The number of guanidine groups is 1. The Balaban J connectivity index is 0.00000280. The Morgan fingerprint density at radius 2 is 2.00 bits per heavy atom. The van der Waals surface area contributed by atoms with Crippen molar-refractivity contribution < 1.29 is 4.52 Å². The van der Waals surface area contributed by atoms with Crippen LogP contribution in [0.3, 0.4) is 0 Å². The highest BCUT2D eigenvalue weighted by Crippen LogP contribution is 2.22. The van der Waals surface area contributed by atoms with Gasteiger partial charge in [-0.2, -0.15) is 0 Å². The average molecular weight is 495 g/mol. The summed E-state index contributed by atoms with van der Waals surface area (Å²) in [5.41, 5.74) is 5.95. The quantitative estimate of drug-likeness (QED) is 0.263. The summed E-state index contributed by atoms with van der Waals surface area (Å²) in [5, 5.41) is 12.1. The molecule has 6 nitrogen and oxygen atoms in total. The highest BCUT2D eigenvalue weighted by molar-refractivity contribution is 14.0. The summed E-state index contributed by atoms with van der Waals surface area (Å²) >= 11 is 0. The molecule has 0 aliphatic carbocycles. The maximum Gasteiger partial charge on any atom is 0.191 e. The van der Waals surface area contributed by atoms with E-state index in [4.69, 9.17) is 4.52 Å². The van der Waals surface area contributed by atoms with Crippen LogP contribution in [0, 0.1) is 20.8 Å². The molecule has 0 saturated carbocycles. The topological polar surface area (TPSA) is 78.2 Å². The fraction of sp³-hybridized carbons (Fsp3) is 0.429. The molecule has 0 radical (unpaired) electrons. The lowest BCUT2D eigenvalue weighted by molar-refractivity contribution is 0.392. The summed E-state index contributed by atoms with van der Waals surface area (Å²) in [4.78, 5) is 8.05. The van der Waals surface area contributed by atoms with Gasteiger partial charge in [-0.15, -0.1) is 24.0 Å². The second kappa shape index (κ2) is 10.5. The summed E-state index contributed by atoms with van der Waals surface area (Å²) in [7, 11) is 0. The normalized spacial score (nSPS) is 11.5. The molecular weight excluding hydrogens is 465 g/mol. The van der Waals surface area contributed by atoms with Gasteiger partial charge in [0.05, 0.1) is 5.69 Å². The molecule has 0 fully saturated rings. The highest BCUT2D eigenvalue weighted by atomic mass is 127. The molecule has 3 N–H and O–H groups in total. The number of aromatic amines is 1. The van der Waals surface area contributed by atoms with Gasteiger partial charge in [-0.3, -0.25) is 4.99 Å². The number of aryl methyl sites for hydroxylation is 3. The van der Waals surface area contributed by atoms with E-state index in [9.17, 15) is 0 Å². The number of fused-ring (bicyclic) bond motifs is 1. The first-order chi connectivity index (χ1) is 13.1. The van der Waals surface area contributed by atoms with Crippen LogP contribution in [0.25, 0.3) is 10.9 Å². The molecule has 0 bridgehead atoms. The number of nitrogens with zero attached hydrogens (tertiary/aromatic N) is 2. The van der Waals surface area contributed by atoms with Crippen molar-refractivity contribution in [1.82, 2.24) is 20.8 Å². The number of H-pyrrole nitrogens is 1. The zero-order valence-electron chi connectivity index (χ0n) is 17.1. The van der Waals surface area contributed by atoms with Gasteiger partial charge in [-0.05, 0) is 57.7 Å². The first-order valence-corrected chi connectivity index (χ1v) is 9.59. The van der Waals surface area contributed by atoms with Crippen molar-refractivity contribution in [3.8, 4) is 0 Å². The Morgan fingerprint density at radius 3 is 2.71 bits per heavy atom. The van der Waals surface area contributed by atoms with E-state index in [1.807, 2.05) is 13.8 Å². The van der Waals surface area contributed by atoms with Gasteiger partial charge >= 0.3 is 0 Å². The van der Waals surface area contributed by atoms with Crippen LogP contribution in [-0.2, 0) is 12.8 Å². The van der Waals surface area contributed by atoms with Gasteiger partial charge in [-0.1, -0.05) is 17.3 Å². The second-order valence-electron chi connectivity index (χ2n) is 6.80. The van der Waals surface area contributed by atoms with Crippen molar-refractivity contribution in [2.24, 2.45) is 4.99 Å². The summed E-state index contributed by atoms with van der Waals surface area (Å²) < 4.78 is 5.22. The molecule has 0 amide bonds. The predicted molar refractivity (Wildman–Crippen MR) is 126 cm³/mol. The molecule has 1 aromatic carbocycles. The van der Waals surface area contributed by atoms with Gasteiger partial charge in [0.25, 0.3) is 0 Å². The van der Waals surface area contributed by atoms with Crippen LogP contribution in [-0.4, -0.2) is 35.7 Å². The third-order valence-corrected chi connectivity index (χ3v) is 4.84. The lowest BCUT2D eigenvalue weighted by Gasteiger charge is -2.11. The van der Waals surface area contributed by atoms with E-state index in [2.05, 4.69) is 64.0 Å². The molecule has 0 spiro atoms. The Bertz CT molecular complexity index is 909. The third-order valence-electron chi connectivity index (χ3n) is 4.84. The summed E-state index contributed by atoms with van der Waals surface area (Å²) in [6.45, 7) is 10.5. The summed E-state index contributed by atoms with van der Waals surface area (Å²) in [6.07, 6.45) is 3.89. The van der Waals surface area contributed by atoms with E-state index in [1.54, 1.807) is 0 Å². The highest BCUT2D eigenvalue weighted by Gasteiger charge is 2.09. The minimum Gasteiger partial charge on any atom is -0.361 e.